The summed E-state index contributed by atoms with van der Waals surface area (Å²) in [6.45, 7) is 1.87. The number of alkyl halides is 3. The minimum absolute atomic E-state index is 0.137. The molecule has 3 aromatic rings. The van der Waals surface area contributed by atoms with Gasteiger partial charge in [-0.1, -0.05) is 35.3 Å². The van der Waals surface area contributed by atoms with E-state index < -0.39 is 44.7 Å². The van der Waals surface area contributed by atoms with Gasteiger partial charge in [0.15, 0.2) is 0 Å². The van der Waals surface area contributed by atoms with Crippen molar-refractivity contribution in [1.82, 2.24) is 19.1 Å². The van der Waals surface area contributed by atoms with E-state index >= 15 is 0 Å². The average Bonchev–Trinajstić information content (AvgIpc) is 3.52. The Balaban J connectivity index is 0.000000233. The highest BCUT2D eigenvalue weighted by atomic mass is 35.5. The maximum Gasteiger partial charge on any atom is 0.573 e. The predicted molar refractivity (Wildman–Crippen MR) is 178 cm³/mol. The zero-order chi connectivity index (χ0) is 38.5. The first-order valence-corrected chi connectivity index (χ1v) is 17.2. The predicted octanol–water partition coefficient (Wildman–Crippen LogP) is 4.66. The molecule has 21 heteroatoms. The SMILES string of the molecule is CCOC(=O)/C(Cl)=C/c1cc(N2C(=O)C3=C(CCCC3)C2=O)ccc1Cl.COc1nn(C(=O)NS(=O)(=O)c2ccccc2OC(F)(F)F)c(=O)n1C. The summed E-state index contributed by atoms with van der Waals surface area (Å²) in [4.78, 5) is 61.0. The van der Waals surface area contributed by atoms with Crippen LogP contribution in [0.5, 0.6) is 11.8 Å². The van der Waals surface area contributed by atoms with Crippen molar-refractivity contribution in [1.29, 1.82) is 0 Å². The molecule has 3 amide bonds. The van der Waals surface area contributed by atoms with Gasteiger partial charge in [-0.25, -0.2) is 37.0 Å². The van der Waals surface area contributed by atoms with Crippen molar-refractivity contribution < 1.29 is 55.0 Å². The molecule has 2 heterocycles. The van der Waals surface area contributed by atoms with Gasteiger partial charge in [0, 0.05) is 23.2 Å². The van der Waals surface area contributed by atoms with Crippen molar-refractivity contribution in [2.45, 2.75) is 43.9 Å². The molecule has 0 bridgehead atoms. The number of para-hydroxylation sites is 1. The Hall–Kier alpha value is -5.14. The topological polar surface area (TPSA) is 185 Å². The van der Waals surface area contributed by atoms with Crippen LogP contribution in [0, 0.1) is 0 Å². The molecular formula is C31H28Cl2F3N5O10S. The number of halogens is 5. The van der Waals surface area contributed by atoms with E-state index in [1.54, 1.807) is 25.1 Å². The van der Waals surface area contributed by atoms with Gasteiger partial charge >= 0.3 is 30.1 Å². The summed E-state index contributed by atoms with van der Waals surface area (Å²) in [6.07, 6.45) is -0.702. The van der Waals surface area contributed by atoms with Crippen LogP contribution in [0.3, 0.4) is 0 Å². The van der Waals surface area contributed by atoms with Crippen molar-refractivity contribution in [3.8, 4) is 11.8 Å². The lowest BCUT2D eigenvalue weighted by Crippen LogP contribution is -2.40. The molecule has 1 aromatic heterocycles. The molecule has 0 saturated carbocycles. The van der Waals surface area contributed by atoms with Crippen LogP contribution in [0.1, 0.15) is 38.2 Å². The van der Waals surface area contributed by atoms with Crippen molar-refractivity contribution in [3.63, 3.8) is 0 Å². The smallest absolute Gasteiger partial charge is 0.467 e. The summed E-state index contributed by atoms with van der Waals surface area (Å²) < 4.78 is 77.2. The molecule has 2 aromatic carbocycles. The molecule has 1 N–H and O–H groups in total. The summed E-state index contributed by atoms with van der Waals surface area (Å²) in [7, 11) is -2.45. The third kappa shape index (κ3) is 8.83. The molecule has 52 heavy (non-hydrogen) atoms. The number of hydrogen-bond acceptors (Lipinski definition) is 11. The molecule has 0 radical (unpaired) electrons. The number of sulfonamides is 1. The minimum atomic E-state index is -5.15. The summed E-state index contributed by atoms with van der Waals surface area (Å²) in [5, 5.41) is 3.65. The molecule has 2 aliphatic rings. The van der Waals surface area contributed by atoms with Gasteiger partial charge in [0.25, 0.3) is 21.8 Å². The number of carbonyl (C=O) groups excluding carboxylic acids is 4. The molecular weight excluding hydrogens is 762 g/mol. The average molecular weight is 791 g/mol. The van der Waals surface area contributed by atoms with Crippen LogP contribution in [0.4, 0.5) is 23.7 Å². The van der Waals surface area contributed by atoms with E-state index in [2.05, 4.69) is 9.84 Å². The molecule has 15 nitrogen and oxygen atoms in total. The number of ether oxygens (including phenoxy) is 3. The first kappa shape index (κ1) is 39.6. The number of methoxy groups -OCH3 is 1. The van der Waals surface area contributed by atoms with E-state index in [4.69, 9.17) is 32.7 Å². The number of hydrogen-bond donors (Lipinski definition) is 1. The molecule has 278 valence electrons. The van der Waals surface area contributed by atoms with Gasteiger partial charge in [0.1, 0.15) is 15.7 Å². The second kappa shape index (κ2) is 16.0. The number of nitrogens with zero attached hydrogens (tertiary/aromatic N) is 4. The summed E-state index contributed by atoms with van der Waals surface area (Å²) in [6, 6.07) is 6.70. The fourth-order valence-electron chi connectivity index (χ4n) is 4.97. The number of aromatic nitrogens is 3. The van der Waals surface area contributed by atoms with Gasteiger partial charge in [-0.2, -0.15) is 0 Å². The largest absolute Gasteiger partial charge is 0.573 e. The van der Waals surface area contributed by atoms with Crippen LogP contribution in [0.2, 0.25) is 5.02 Å². The fraction of sp³-hybridized carbons (Fsp3) is 0.290. The lowest BCUT2D eigenvalue weighted by molar-refractivity contribution is -0.275. The van der Waals surface area contributed by atoms with E-state index in [9.17, 15) is 45.6 Å². The lowest BCUT2D eigenvalue weighted by Gasteiger charge is -2.16. The lowest BCUT2D eigenvalue weighted by atomic mass is 9.93. The van der Waals surface area contributed by atoms with Gasteiger partial charge in [-0.05, 0) is 74.6 Å². The van der Waals surface area contributed by atoms with Crippen molar-refractivity contribution in [3.05, 3.63) is 79.7 Å². The number of imide groups is 1. The van der Waals surface area contributed by atoms with Crippen LogP contribution in [0.15, 0.2) is 68.3 Å². The molecule has 0 saturated heterocycles. The van der Waals surface area contributed by atoms with Crippen LogP contribution in [0.25, 0.3) is 6.08 Å². The Morgan fingerprint density at radius 3 is 2.21 bits per heavy atom. The molecule has 1 aliphatic carbocycles. The zero-order valence-electron chi connectivity index (χ0n) is 27.3. The molecule has 0 atom stereocenters. The van der Waals surface area contributed by atoms with Crippen molar-refractivity contribution in [2.24, 2.45) is 7.05 Å². The second-order valence-corrected chi connectivity index (χ2v) is 13.1. The van der Waals surface area contributed by atoms with Crippen molar-refractivity contribution in [2.75, 3.05) is 18.6 Å². The quantitative estimate of drug-likeness (QED) is 0.190. The van der Waals surface area contributed by atoms with Crippen molar-refractivity contribution >= 4 is 68.8 Å². The molecule has 0 fully saturated rings. The third-order valence-corrected chi connectivity index (χ3v) is 9.25. The van der Waals surface area contributed by atoms with Gasteiger partial charge in [-0.15, -0.1) is 23.0 Å². The first-order valence-electron chi connectivity index (χ1n) is 15.0. The normalized spacial score (nSPS) is 14.8. The Morgan fingerprint density at radius 1 is 1.04 bits per heavy atom. The summed E-state index contributed by atoms with van der Waals surface area (Å²) in [5.41, 5.74) is 1.01. The highest BCUT2D eigenvalue weighted by Crippen LogP contribution is 2.37. The minimum Gasteiger partial charge on any atom is -0.467 e. The van der Waals surface area contributed by atoms with Crippen LogP contribution < -0.4 is 24.8 Å². The van der Waals surface area contributed by atoms with E-state index in [0.717, 1.165) is 48.8 Å². The number of nitrogens with one attached hydrogen (secondary N) is 1. The molecule has 5 rings (SSSR count). The van der Waals surface area contributed by atoms with E-state index in [0.29, 0.717) is 40.3 Å². The van der Waals surface area contributed by atoms with Crippen LogP contribution in [-0.4, -0.2) is 66.7 Å². The summed E-state index contributed by atoms with van der Waals surface area (Å²) >= 11 is 12.1. The number of rotatable bonds is 8. The van der Waals surface area contributed by atoms with E-state index in [1.807, 2.05) is 0 Å². The Labute approximate surface area is 303 Å². The number of carbonyl (C=O) groups is 4. The number of anilines is 1. The standard InChI is InChI=1S/C19H17Cl2NO4.C12H11F3N4O6S/c1-2-26-19(25)16(21)10-11-9-12(7-8-15(11)20)22-17(23)13-5-3-4-6-14(13)18(22)24;1-18-10(24-2)16-19(11(18)21)9(20)17-26(22,23)8-6-4-3-5-7(8)25-12(13,14)15/h7-10H,2-6H2,1H3;3-6H,1-2H3,(H,17,20)/b16-10-;. The van der Waals surface area contributed by atoms with Crippen LogP contribution >= 0.6 is 23.2 Å². The Bertz CT molecular complexity index is 2140. The highest BCUT2D eigenvalue weighted by Gasteiger charge is 2.40. The van der Waals surface area contributed by atoms with Crippen LogP contribution in [-0.2, 0) is 36.2 Å². The number of esters is 1. The molecule has 0 spiro atoms. The molecule has 0 unspecified atom stereocenters. The number of benzene rings is 2. The summed E-state index contributed by atoms with van der Waals surface area (Å²) in [5.74, 6) is -2.27. The Kier molecular flexibility index (Phi) is 12.2. The maximum absolute atomic E-state index is 12.7. The van der Waals surface area contributed by atoms with E-state index in [-0.39, 0.29) is 34.1 Å². The third-order valence-electron chi connectivity index (χ3n) is 7.28. The van der Waals surface area contributed by atoms with Gasteiger partial charge in [-0.3, -0.25) is 9.59 Å². The number of amides is 3. The second-order valence-electron chi connectivity index (χ2n) is 10.7. The highest BCUT2D eigenvalue weighted by molar-refractivity contribution is 7.90. The van der Waals surface area contributed by atoms with Gasteiger partial charge < -0.3 is 14.2 Å². The fourth-order valence-corrected chi connectivity index (χ4v) is 6.38. The van der Waals surface area contributed by atoms with Gasteiger partial charge in [0.2, 0.25) is 0 Å². The monoisotopic (exact) mass is 789 g/mol. The van der Waals surface area contributed by atoms with Gasteiger partial charge in [0.05, 0.1) is 19.4 Å². The zero-order valence-corrected chi connectivity index (χ0v) is 29.7. The maximum atomic E-state index is 12.7. The first-order chi connectivity index (χ1) is 24.4. The van der Waals surface area contributed by atoms with E-state index in [1.165, 1.54) is 22.7 Å². The Morgan fingerprint density at radius 2 is 1.65 bits per heavy atom. The molecule has 1 aliphatic heterocycles.